The lowest BCUT2D eigenvalue weighted by Crippen LogP contribution is -2.49. The third-order valence-electron chi connectivity index (χ3n) is 4.12. The first-order valence-corrected chi connectivity index (χ1v) is 7.61. The Morgan fingerprint density at radius 1 is 0.913 bits per heavy atom. The van der Waals surface area contributed by atoms with E-state index in [1.165, 1.54) is 18.2 Å². The number of para-hydroxylation sites is 1. The molecular formula is C18H18F2N2O. The standard InChI is InChI=1S/C18H18F2N2O/c1-13-5-7-14(8-6-13)18(23)22-11-9-21(10-12-22)17-15(19)3-2-4-16(17)20/h2-8H,9-12H2,1H3. The van der Waals surface area contributed by atoms with E-state index in [4.69, 9.17) is 0 Å². The van der Waals surface area contributed by atoms with Crippen LogP contribution in [0, 0.1) is 18.6 Å². The van der Waals surface area contributed by atoms with Crippen molar-refractivity contribution in [1.29, 1.82) is 0 Å². The summed E-state index contributed by atoms with van der Waals surface area (Å²) in [5, 5.41) is 0. The highest BCUT2D eigenvalue weighted by Crippen LogP contribution is 2.24. The van der Waals surface area contributed by atoms with E-state index in [0.717, 1.165) is 5.56 Å². The average Bonchev–Trinajstić information content (AvgIpc) is 2.55. The predicted octanol–water partition coefficient (Wildman–Crippen LogP) is 3.24. The Morgan fingerprint density at radius 2 is 1.48 bits per heavy atom. The van der Waals surface area contributed by atoms with Gasteiger partial charge in [-0.05, 0) is 31.2 Å². The van der Waals surface area contributed by atoms with Gasteiger partial charge in [-0.1, -0.05) is 23.8 Å². The molecule has 0 aliphatic carbocycles. The van der Waals surface area contributed by atoms with Crippen LogP contribution in [0.1, 0.15) is 15.9 Å². The number of benzene rings is 2. The molecule has 0 atom stereocenters. The van der Waals surface area contributed by atoms with E-state index in [2.05, 4.69) is 0 Å². The molecule has 2 aromatic rings. The van der Waals surface area contributed by atoms with Crippen LogP contribution in [0.2, 0.25) is 0 Å². The fourth-order valence-electron chi connectivity index (χ4n) is 2.80. The van der Waals surface area contributed by atoms with Crippen molar-refractivity contribution < 1.29 is 13.6 Å². The highest BCUT2D eigenvalue weighted by molar-refractivity contribution is 5.94. The second-order valence-corrected chi connectivity index (χ2v) is 5.72. The number of hydrogen-bond donors (Lipinski definition) is 0. The second kappa shape index (κ2) is 6.36. The number of rotatable bonds is 2. The maximum atomic E-state index is 13.8. The number of anilines is 1. The van der Waals surface area contributed by atoms with Gasteiger partial charge in [-0.15, -0.1) is 0 Å². The van der Waals surface area contributed by atoms with Crippen LogP contribution < -0.4 is 4.90 Å². The quantitative estimate of drug-likeness (QED) is 0.849. The molecule has 3 rings (SSSR count). The Hall–Kier alpha value is -2.43. The summed E-state index contributed by atoms with van der Waals surface area (Å²) in [5.74, 6) is -1.18. The fraction of sp³-hybridized carbons (Fsp3) is 0.278. The Labute approximate surface area is 134 Å². The first-order valence-electron chi connectivity index (χ1n) is 7.61. The minimum atomic E-state index is -0.566. The molecule has 3 nitrogen and oxygen atoms in total. The van der Waals surface area contributed by atoms with Crippen molar-refractivity contribution >= 4 is 11.6 Å². The van der Waals surface area contributed by atoms with Crippen LogP contribution in [-0.4, -0.2) is 37.0 Å². The minimum absolute atomic E-state index is 0.00469. The number of carbonyl (C=O) groups is 1. The number of nitrogens with zero attached hydrogens (tertiary/aromatic N) is 2. The minimum Gasteiger partial charge on any atom is -0.363 e. The zero-order valence-corrected chi connectivity index (χ0v) is 12.9. The van der Waals surface area contributed by atoms with E-state index >= 15 is 0 Å². The van der Waals surface area contributed by atoms with Crippen LogP contribution in [0.3, 0.4) is 0 Å². The highest BCUT2D eigenvalue weighted by Gasteiger charge is 2.25. The maximum absolute atomic E-state index is 13.8. The first-order chi connectivity index (χ1) is 11.1. The van der Waals surface area contributed by atoms with Gasteiger partial charge in [0, 0.05) is 31.7 Å². The lowest BCUT2D eigenvalue weighted by atomic mass is 10.1. The predicted molar refractivity (Wildman–Crippen MR) is 85.7 cm³/mol. The molecule has 0 radical (unpaired) electrons. The maximum Gasteiger partial charge on any atom is 0.253 e. The SMILES string of the molecule is Cc1ccc(C(=O)N2CCN(c3c(F)cccc3F)CC2)cc1. The Balaban J connectivity index is 1.69. The summed E-state index contributed by atoms with van der Waals surface area (Å²) >= 11 is 0. The molecule has 1 heterocycles. The zero-order chi connectivity index (χ0) is 16.4. The molecular weight excluding hydrogens is 298 g/mol. The van der Waals surface area contributed by atoms with Crippen molar-refractivity contribution in [3.8, 4) is 0 Å². The van der Waals surface area contributed by atoms with Gasteiger partial charge in [-0.2, -0.15) is 0 Å². The Morgan fingerprint density at radius 3 is 2.04 bits per heavy atom. The van der Waals surface area contributed by atoms with Crippen molar-refractivity contribution in [1.82, 2.24) is 4.90 Å². The van der Waals surface area contributed by atoms with Crippen LogP contribution in [0.5, 0.6) is 0 Å². The van der Waals surface area contributed by atoms with Crippen LogP contribution in [0.15, 0.2) is 42.5 Å². The van der Waals surface area contributed by atoms with Gasteiger partial charge in [0.1, 0.15) is 17.3 Å². The molecule has 0 saturated carbocycles. The van der Waals surface area contributed by atoms with Crippen molar-refractivity contribution in [3.63, 3.8) is 0 Å². The normalized spacial score (nSPS) is 14.9. The number of piperazine rings is 1. The van der Waals surface area contributed by atoms with Gasteiger partial charge in [0.25, 0.3) is 5.91 Å². The third kappa shape index (κ3) is 3.18. The summed E-state index contributed by atoms with van der Waals surface area (Å²) < 4.78 is 27.7. The average molecular weight is 316 g/mol. The molecule has 1 amide bonds. The van der Waals surface area contributed by atoms with E-state index < -0.39 is 11.6 Å². The van der Waals surface area contributed by atoms with Gasteiger partial charge >= 0.3 is 0 Å². The molecule has 1 fully saturated rings. The van der Waals surface area contributed by atoms with E-state index in [9.17, 15) is 13.6 Å². The summed E-state index contributed by atoms with van der Waals surface area (Å²) in [4.78, 5) is 15.8. The largest absolute Gasteiger partial charge is 0.363 e. The summed E-state index contributed by atoms with van der Waals surface area (Å²) in [5.41, 5.74) is 1.73. The fourth-order valence-corrected chi connectivity index (χ4v) is 2.80. The second-order valence-electron chi connectivity index (χ2n) is 5.72. The van der Waals surface area contributed by atoms with Crippen molar-refractivity contribution in [2.24, 2.45) is 0 Å². The summed E-state index contributed by atoms with van der Waals surface area (Å²) in [7, 11) is 0. The molecule has 2 aromatic carbocycles. The molecule has 1 saturated heterocycles. The number of halogens is 2. The van der Waals surface area contributed by atoms with Crippen LogP contribution in [-0.2, 0) is 0 Å². The summed E-state index contributed by atoms with van der Waals surface area (Å²) in [6.07, 6.45) is 0. The Bertz CT molecular complexity index is 687. The lowest BCUT2D eigenvalue weighted by molar-refractivity contribution is 0.0746. The molecule has 120 valence electrons. The molecule has 0 unspecified atom stereocenters. The monoisotopic (exact) mass is 316 g/mol. The zero-order valence-electron chi connectivity index (χ0n) is 12.9. The van der Waals surface area contributed by atoms with Gasteiger partial charge in [0.2, 0.25) is 0 Å². The molecule has 0 aromatic heterocycles. The van der Waals surface area contributed by atoms with Gasteiger partial charge in [0.05, 0.1) is 0 Å². The first kappa shape index (κ1) is 15.5. The van der Waals surface area contributed by atoms with Gasteiger partial charge < -0.3 is 9.80 Å². The van der Waals surface area contributed by atoms with E-state index in [-0.39, 0.29) is 11.6 Å². The van der Waals surface area contributed by atoms with Gasteiger partial charge in [-0.3, -0.25) is 4.79 Å². The van der Waals surface area contributed by atoms with E-state index in [1.807, 2.05) is 19.1 Å². The number of hydrogen-bond acceptors (Lipinski definition) is 2. The number of amides is 1. The number of carbonyl (C=O) groups excluding carboxylic acids is 1. The van der Waals surface area contributed by atoms with Crippen LogP contribution in [0.4, 0.5) is 14.5 Å². The van der Waals surface area contributed by atoms with Crippen LogP contribution >= 0.6 is 0 Å². The van der Waals surface area contributed by atoms with Crippen molar-refractivity contribution in [2.45, 2.75) is 6.92 Å². The molecule has 0 bridgehead atoms. The van der Waals surface area contributed by atoms with Crippen molar-refractivity contribution in [2.75, 3.05) is 31.1 Å². The molecule has 5 heteroatoms. The van der Waals surface area contributed by atoms with E-state index in [1.54, 1.807) is 21.9 Å². The van der Waals surface area contributed by atoms with E-state index in [0.29, 0.717) is 31.7 Å². The molecule has 1 aliphatic heterocycles. The smallest absolute Gasteiger partial charge is 0.253 e. The lowest BCUT2D eigenvalue weighted by Gasteiger charge is -2.36. The van der Waals surface area contributed by atoms with Gasteiger partial charge in [0.15, 0.2) is 0 Å². The van der Waals surface area contributed by atoms with Gasteiger partial charge in [-0.25, -0.2) is 8.78 Å². The molecule has 0 N–H and O–H groups in total. The van der Waals surface area contributed by atoms with Crippen LogP contribution in [0.25, 0.3) is 0 Å². The molecule has 0 spiro atoms. The summed E-state index contributed by atoms with van der Waals surface area (Å²) in [6, 6.07) is 11.3. The topological polar surface area (TPSA) is 23.6 Å². The number of aryl methyl sites for hydroxylation is 1. The third-order valence-corrected chi connectivity index (χ3v) is 4.12. The Kier molecular flexibility index (Phi) is 4.28. The summed E-state index contributed by atoms with van der Waals surface area (Å²) in [6.45, 7) is 3.68. The highest BCUT2D eigenvalue weighted by atomic mass is 19.1. The molecule has 1 aliphatic rings. The van der Waals surface area contributed by atoms with Crippen molar-refractivity contribution in [3.05, 3.63) is 65.2 Å². The molecule has 23 heavy (non-hydrogen) atoms.